The molecule has 1 aromatic rings. The van der Waals surface area contributed by atoms with Crippen molar-refractivity contribution in [2.24, 2.45) is 5.92 Å². The van der Waals surface area contributed by atoms with Crippen molar-refractivity contribution < 1.29 is 19.1 Å². The van der Waals surface area contributed by atoms with Crippen molar-refractivity contribution in [1.29, 1.82) is 0 Å². The molecule has 0 N–H and O–H groups in total. The van der Waals surface area contributed by atoms with Gasteiger partial charge in [0.1, 0.15) is 12.1 Å². The molecule has 0 radical (unpaired) electrons. The molecule has 4 rings (SSSR count). The molecule has 3 fully saturated rings. The predicted molar refractivity (Wildman–Crippen MR) is 95.8 cm³/mol. The van der Waals surface area contributed by atoms with Gasteiger partial charge in [-0.15, -0.1) is 0 Å². The third-order valence-corrected chi connectivity index (χ3v) is 5.96. The van der Waals surface area contributed by atoms with Gasteiger partial charge in [-0.05, 0) is 43.9 Å². The average molecular weight is 377 g/mol. The number of carbonyl (C=O) groups excluding carboxylic acids is 3. The Hall–Kier alpha value is -2.08. The first-order valence-electron chi connectivity index (χ1n) is 9.05. The van der Waals surface area contributed by atoms with Gasteiger partial charge in [-0.25, -0.2) is 0 Å². The first-order valence-corrected chi connectivity index (χ1v) is 9.43. The average Bonchev–Trinajstić information content (AvgIpc) is 3.21. The van der Waals surface area contributed by atoms with E-state index in [0.717, 1.165) is 31.4 Å². The number of ether oxygens (including phenoxy) is 1. The number of piperazine rings is 1. The van der Waals surface area contributed by atoms with Gasteiger partial charge in [-0.1, -0.05) is 17.7 Å². The number of hydrogen-bond acceptors (Lipinski definition) is 4. The number of rotatable bonds is 2. The van der Waals surface area contributed by atoms with Crippen molar-refractivity contribution in [3.05, 3.63) is 29.3 Å². The second-order valence-corrected chi connectivity index (χ2v) is 7.72. The van der Waals surface area contributed by atoms with Crippen LogP contribution < -0.4 is 4.90 Å². The summed E-state index contributed by atoms with van der Waals surface area (Å²) >= 11 is 6.01. The molecule has 1 saturated carbocycles. The SMILES string of the molecule is O=C1CC(C(=O)N2CCN(c3cccc(Cl)c3)C(=O)C2)C2(CCCC2)O1. The molecule has 2 amide bonds. The van der Waals surface area contributed by atoms with Crippen molar-refractivity contribution in [3.63, 3.8) is 0 Å². The number of hydrogen-bond donors (Lipinski definition) is 0. The third-order valence-electron chi connectivity index (χ3n) is 5.72. The van der Waals surface area contributed by atoms with E-state index < -0.39 is 11.5 Å². The maximum Gasteiger partial charge on any atom is 0.307 e. The van der Waals surface area contributed by atoms with Gasteiger partial charge in [0.25, 0.3) is 0 Å². The first-order chi connectivity index (χ1) is 12.5. The molecule has 1 aromatic carbocycles. The largest absolute Gasteiger partial charge is 0.458 e. The molecular formula is C19H21ClN2O4. The molecule has 1 atom stereocenters. The number of amides is 2. The first kappa shape index (κ1) is 17.3. The van der Waals surface area contributed by atoms with Gasteiger partial charge in [0, 0.05) is 23.8 Å². The molecule has 2 aliphatic heterocycles. The quantitative estimate of drug-likeness (QED) is 0.743. The molecule has 3 aliphatic rings. The van der Waals surface area contributed by atoms with Crippen LogP contribution >= 0.6 is 11.6 Å². The second-order valence-electron chi connectivity index (χ2n) is 7.29. The zero-order chi connectivity index (χ0) is 18.3. The van der Waals surface area contributed by atoms with E-state index in [2.05, 4.69) is 0 Å². The fraction of sp³-hybridized carbons (Fsp3) is 0.526. The van der Waals surface area contributed by atoms with Crippen molar-refractivity contribution in [3.8, 4) is 0 Å². The number of carbonyl (C=O) groups is 3. The fourth-order valence-electron chi connectivity index (χ4n) is 4.43. The van der Waals surface area contributed by atoms with Crippen LogP contribution in [0.4, 0.5) is 5.69 Å². The molecule has 1 unspecified atom stereocenters. The molecule has 26 heavy (non-hydrogen) atoms. The molecule has 2 heterocycles. The van der Waals surface area contributed by atoms with E-state index in [9.17, 15) is 14.4 Å². The summed E-state index contributed by atoms with van der Waals surface area (Å²) in [6.45, 7) is 0.878. The Bertz CT molecular complexity index is 760. The lowest BCUT2D eigenvalue weighted by molar-refractivity contribution is -0.152. The number of benzene rings is 1. The minimum Gasteiger partial charge on any atom is -0.458 e. The van der Waals surface area contributed by atoms with E-state index in [0.29, 0.717) is 18.1 Å². The Balaban J connectivity index is 1.47. The van der Waals surface area contributed by atoms with Crippen molar-refractivity contribution in [2.45, 2.75) is 37.7 Å². The predicted octanol–water partition coefficient (Wildman–Crippen LogP) is 2.39. The van der Waals surface area contributed by atoms with E-state index in [1.807, 2.05) is 6.07 Å². The highest BCUT2D eigenvalue weighted by molar-refractivity contribution is 6.30. The summed E-state index contributed by atoms with van der Waals surface area (Å²) in [5, 5.41) is 0.568. The van der Waals surface area contributed by atoms with Gasteiger partial charge < -0.3 is 14.5 Å². The smallest absolute Gasteiger partial charge is 0.307 e. The van der Waals surface area contributed by atoms with Gasteiger partial charge in [-0.3, -0.25) is 14.4 Å². The van der Waals surface area contributed by atoms with Crippen LogP contribution in [-0.2, 0) is 19.1 Å². The van der Waals surface area contributed by atoms with Crippen LogP contribution in [0.1, 0.15) is 32.1 Å². The summed E-state index contributed by atoms with van der Waals surface area (Å²) in [5.74, 6) is -1.02. The van der Waals surface area contributed by atoms with Crippen molar-refractivity contribution >= 4 is 35.1 Å². The Morgan fingerprint density at radius 3 is 2.65 bits per heavy atom. The van der Waals surface area contributed by atoms with Crippen LogP contribution in [0.25, 0.3) is 0 Å². The summed E-state index contributed by atoms with van der Waals surface area (Å²) in [7, 11) is 0. The molecular weight excluding hydrogens is 356 g/mol. The molecule has 138 valence electrons. The second kappa shape index (κ2) is 6.58. The molecule has 6 nitrogen and oxygen atoms in total. The molecule has 1 aliphatic carbocycles. The Kier molecular flexibility index (Phi) is 4.39. The molecule has 2 saturated heterocycles. The third kappa shape index (κ3) is 2.96. The minimum atomic E-state index is -0.638. The highest BCUT2D eigenvalue weighted by Crippen LogP contribution is 2.46. The number of esters is 1. The lowest BCUT2D eigenvalue weighted by atomic mass is 9.84. The minimum absolute atomic E-state index is 0.0200. The lowest BCUT2D eigenvalue weighted by Gasteiger charge is -2.37. The van der Waals surface area contributed by atoms with E-state index in [1.54, 1.807) is 28.0 Å². The molecule has 0 bridgehead atoms. The maximum absolute atomic E-state index is 13.1. The summed E-state index contributed by atoms with van der Waals surface area (Å²) in [6, 6.07) is 7.13. The van der Waals surface area contributed by atoms with Crippen molar-refractivity contribution in [1.82, 2.24) is 4.90 Å². The van der Waals surface area contributed by atoms with E-state index in [-0.39, 0.29) is 30.7 Å². The monoisotopic (exact) mass is 376 g/mol. The summed E-state index contributed by atoms with van der Waals surface area (Å²) in [5.41, 5.74) is 0.0997. The standard InChI is InChI=1S/C19H21ClN2O4/c20-13-4-3-5-14(10-13)22-9-8-21(12-16(22)23)18(25)15-11-17(24)26-19(15)6-1-2-7-19/h3-5,10,15H,1-2,6-9,11-12H2. The number of nitrogens with zero attached hydrogens (tertiary/aromatic N) is 2. The van der Waals surface area contributed by atoms with Crippen LogP contribution in [0.5, 0.6) is 0 Å². The lowest BCUT2D eigenvalue weighted by Crippen LogP contribution is -2.55. The Labute approximate surface area is 157 Å². The van der Waals surface area contributed by atoms with Crippen LogP contribution in [0.15, 0.2) is 24.3 Å². The Morgan fingerprint density at radius 1 is 1.19 bits per heavy atom. The number of halogens is 1. The topological polar surface area (TPSA) is 66.9 Å². The van der Waals surface area contributed by atoms with Gasteiger partial charge in [-0.2, -0.15) is 0 Å². The van der Waals surface area contributed by atoms with Gasteiger partial charge >= 0.3 is 5.97 Å². The molecule has 0 aromatic heterocycles. The summed E-state index contributed by atoms with van der Waals surface area (Å²) in [6.07, 6.45) is 3.55. The highest BCUT2D eigenvalue weighted by atomic mass is 35.5. The Morgan fingerprint density at radius 2 is 1.96 bits per heavy atom. The summed E-state index contributed by atoms with van der Waals surface area (Å²) < 4.78 is 5.57. The van der Waals surface area contributed by atoms with Gasteiger partial charge in [0.05, 0.1) is 12.3 Å². The van der Waals surface area contributed by atoms with E-state index >= 15 is 0 Å². The van der Waals surface area contributed by atoms with E-state index in [1.165, 1.54) is 0 Å². The van der Waals surface area contributed by atoms with Crippen LogP contribution in [0, 0.1) is 5.92 Å². The number of anilines is 1. The molecule has 1 spiro atoms. The van der Waals surface area contributed by atoms with Crippen molar-refractivity contribution in [2.75, 3.05) is 24.5 Å². The highest BCUT2D eigenvalue weighted by Gasteiger charge is 2.55. The summed E-state index contributed by atoms with van der Waals surface area (Å²) in [4.78, 5) is 40.7. The normalized spacial score (nSPS) is 25.0. The van der Waals surface area contributed by atoms with E-state index in [4.69, 9.17) is 16.3 Å². The van der Waals surface area contributed by atoms with Crippen LogP contribution in [0.2, 0.25) is 5.02 Å². The van der Waals surface area contributed by atoms with Gasteiger partial charge in [0.2, 0.25) is 11.8 Å². The zero-order valence-corrected chi connectivity index (χ0v) is 15.2. The van der Waals surface area contributed by atoms with Crippen LogP contribution in [-0.4, -0.2) is 47.9 Å². The van der Waals surface area contributed by atoms with Gasteiger partial charge in [0.15, 0.2) is 0 Å². The zero-order valence-electron chi connectivity index (χ0n) is 14.4. The maximum atomic E-state index is 13.1. The fourth-order valence-corrected chi connectivity index (χ4v) is 4.61. The molecule has 7 heteroatoms. The van der Waals surface area contributed by atoms with Crippen LogP contribution in [0.3, 0.4) is 0 Å².